The second kappa shape index (κ2) is 4.67. The molecule has 0 aromatic heterocycles. The van der Waals surface area contributed by atoms with Crippen molar-refractivity contribution in [1.82, 2.24) is 0 Å². The maximum absolute atomic E-state index is 6.61. The Kier molecular flexibility index (Phi) is 3.21. The van der Waals surface area contributed by atoms with Crippen LogP contribution >= 0.6 is 0 Å². The zero-order chi connectivity index (χ0) is 14.8. The van der Waals surface area contributed by atoms with Crippen LogP contribution in [0.15, 0.2) is 0 Å². The number of fused-ring (bicyclic) bond motifs is 1. The summed E-state index contributed by atoms with van der Waals surface area (Å²) in [5.41, 5.74) is -0.238. The van der Waals surface area contributed by atoms with E-state index in [-0.39, 0.29) is 18.2 Å². The van der Waals surface area contributed by atoms with Crippen LogP contribution in [0.5, 0.6) is 0 Å². The lowest BCUT2D eigenvalue weighted by atomic mass is 9.57. The van der Waals surface area contributed by atoms with Gasteiger partial charge in [0.1, 0.15) is 5.60 Å². The normalized spacial score (nSPS) is 58.9. The highest BCUT2D eigenvalue weighted by molar-refractivity contribution is 5.12. The zero-order valence-electron chi connectivity index (χ0n) is 13.6. The average Bonchev–Trinajstić information content (AvgIpc) is 2.65. The summed E-state index contributed by atoms with van der Waals surface area (Å²) in [6.45, 7) is 9.42. The molecule has 4 nitrogen and oxygen atoms in total. The van der Waals surface area contributed by atoms with Crippen LogP contribution in [0.1, 0.15) is 53.4 Å². The quantitative estimate of drug-likeness (QED) is 0.783. The van der Waals surface area contributed by atoms with Crippen molar-refractivity contribution >= 4 is 0 Å². The van der Waals surface area contributed by atoms with Crippen LogP contribution in [0.4, 0.5) is 0 Å². The highest BCUT2D eigenvalue weighted by atomic mass is 16.9. The maximum Gasteiger partial charge on any atom is 0.193 e. The summed E-state index contributed by atoms with van der Waals surface area (Å²) in [4.78, 5) is 0. The fourth-order valence-corrected chi connectivity index (χ4v) is 5.49. The van der Waals surface area contributed by atoms with Crippen molar-refractivity contribution in [3.05, 3.63) is 0 Å². The Morgan fingerprint density at radius 3 is 2.71 bits per heavy atom. The summed E-state index contributed by atoms with van der Waals surface area (Å²) < 4.78 is 25.0. The van der Waals surface area contributed by atoms with E-state index in [1.807, 2.05) is 6.92 Å². The Morgan fingerprint density at radius 2 is 1.95 bits per heavy atom. The van der Waals surface area contributed by atoms with Gasteiger partial charge in [-0.2, -0.15) is 0 Å². The van der Waals surface area contributed by atoms with E-state index < -0.39 is 5.79 Å². The Labute approximate surface area is 127 Å². The SMILES string of the molecule is CCO[C@H]1O[C@@H]2O[C@]3(C)CC[C@H]4[C@H](C)CC[C@@H]([C@H]1C)[C@@]24O3. The van der Waals surface area contributed by atoms with Crippen LogP contribution in [0.25, 0.3) is 0 Å². The third-order valence-corrected chi connectivity index (χ3v) is 6.46. The first-order valence-electron chi connectivity index (χ1n) is 8.65. The van der Waals surface area contributed by atoms with E-state index >= 15 is 0 Å². The van der Waals surface area contributed by atoms with Crippen LogP contribution in [0.3, 0.4) is 0 Å². The zero-order valence-corrected chi connectivity index (χ0v) is 13.6. The van der Waals surface area contributed by atoms with Crippen molar-refractivity contribution in [2.24, 2.45) is 23.7 Å². The molecular weight excluding hydrogens is 268 g/mol. The van der Waals surface area contributed by atoms with E-state index in [4.69, 9.17) is 18.9 Å². The van der Waals surface area contributed by atoms with Crippen molar-refractivity contribution in [1.29, 1.82) is 0 Å². The second-order valence-corrected chi connectivity index (χ2v) is 7.66. The van der Waals surface area contributed by atoms with Crippen LogP contribution in [-0.2, 0) is 18.9 Å². The van der Waals surface area contributed by atoms with Crippen molar-refractivity contribution in [3.63, 3.8) is 0 Å². The molecule has 8 atom stereocenters. The number of rotatable bonds is 2. The largest absolute Gasteiger partial charge is 0.353 e. The molecule has 1 spiro atoms. The highest BCUT2D eigenvalue weighted by Crippen LogP contribution is 2.63. The van der Waals surface area contributed by atoms with Crippen molar-refractivity contribution in [3.8, 4) is 0 Å². The van der Waals surface area contributed by atoms with E-state index in [1.165, 1.54) is 19.3 Å². The van der Waals surface area contributed by atoms with Gasteiger partial charge in [-0.15, -0.1) is 0 Å². The minimum Gasteiger partial charge on any atom is -0.353 e. The molecular formula is C17H28O4. The molecule has 3 aliphatic heterocycles. The monoisotopic (exact) mass is 296 g/mol. The molecule has 21 heavy (non-hydrogen) atoms. The second-order valence-electron chi connectivity index (χ2n) is 7.66. The van der Waals surface area contributed by atoms with Crippen molar-refractivity contribution in [2.45, 2.75) is 77.3 Å². The molecule has 0 N–H and O–H groups in total. The molecule has 0 radical (unpaired) electrons. The molecule has 4 heteroatoms. The topological polar surface area (TPSA) is 36.9 Å². The molecule has 2 bridgehead atoms. The third-order valence-electron chi connectivity index (χ3n) is 6.46. The number of ether oxygens (including phenoxy) is 4. The Balaban J connectivity index is 1.74. The molecule has 3 heterocycles. The molecule has 4 aliphatic rings. The summed E-state index contributed by atoms with van der Waals surface area (Å²) >= 11 is 0. The van der Waals surface area contributed by atoms with Crippen LogP contribution in [0, 0.1) is 23.7 Å². The van der Waals surface area contributed by atoms with Gasteiger partial charge in [-0.1, -0.05) is 13.8 Å². The lowest BCUT2D eigenvalue weighted by Crippen LogP contribution is -2.66. The minimum absolute atomic E-state index is 0.156. The average molecular weight is 296 g/mol. The van der Waals surface area contributed by atoms with E-state index in [0.29, 0.717) is 30.3 Å². The Morgan fingerprint density at radius 1 is 1.14 bits per heavy atom. The molecule has 3 saturated heterocycles. The van der Waals surface area contributed by atoms with Gasteiger partial charge in [-0.05, 0) is 44.9 Å². The van der Waals surface area contributed by atoms with Crippen molar-refractivity contribution in [2.75, 3.05) is 6.61 Å². The van der Waals surface area contributed by atoms with Gasteiger partial charge in [0, 0.05) is 24.9 Å². The first kappa shape index (κ1) is 14.4. The fraction of sp³-hybridized carbons (Fsp3) is 1.00. The third kappa shape index (κ3) is 1.82. The molecule has 0 aromatic carbocycles. The molecule has 0 aromatic rings. The molecule has 4 rings (SSSR count). The molecule has 1 saturated carbocycles. The lowest BCUT2D eigenvalue weighted by molar-refractivity contribution is -0.336. The summed E-state index contributed by atoms with van der Waals surface area (Å²) in [5, 5.41) is 0. The van der Waals surface area contributed by atoms with Gasteiger partial charge in [0.05, 0.1) is 0 Å². The van der Waals surface area contributed by atoms with E-state index in [2.05, 4.69) is 20.8 Å². The molecule has 0 unspecified atom stereocenters. The van der Waals surface area contributed by atoms with Gasteiger partial charge in [0.15, 0.2) is 18.4 Å². The standard InChI is InChI=1S/C17H28O4/c1-5-18-14-11(3)13-7-6-10(2)12-8-9-16(4)20-15(19-14)17(12,13)21-16/h10-15H,5-9H2,1-4H3/t10-,11-,12+,13+,14+,15-,16+,17-/m1/s1. The summed E-state index contributed by atoms with van der Waals surface area (Å²) in [6, 6.07) is 0. The molecule has 120 valence electrons. The molecule has 0 amide bonds. The van der Waals surface area contributed by atoms with Crippen LogP contribution in [0.2, 0.25) is 0 Å². The lowest BCUT2D eigenvalue weighted by Gasteiger charge is -2.58. The number of hydrogen-bond acceptors (Lipinski definition) is 4. The van der Waals surface area contributed by atoms with Gasteiger partial charge < -0.3 is 18.9 Å². The summed E-state index contributed by atoms with van der Waals surface area (Å²) in [7, 11) is 0. The van der Waals surface area contributed by atoms with Gasteiger partial charge in [-0.25, -0.2) is 0 Å². The Bertz CT molecular complexity index is 427. The van der Waals surface area contributed by atoms with E-state index in [9.17, 15) is 0 Å². The maximum atomic E-state index is 6.61. The molecule has 1 aliphatic carbocycles. The van der Waals surface area contributed by atoms with Gasteiger partial charge in [-0.3, -0.25) is 0 Å². The van der Waals surface area contributed by atoms with E-state index in [0.717, 1.165) is 6.42 Å². The van der Waals surface area contributed by atoms with Crippen molar-refractivity contribution < 1.29 is 18.9 Å². The first-order chi connectivity index (χ1) is 10.00. The first-order valence-corrected chi connectivity index (χ1v) is 8.65. The smallest absolute Gasteiger partial charge is 0.193 e. The Hall–Kier alpha value is -0.160. The summed E-state index contributed by atoms with van der Waals surface area (Å²) in [6.07, 6.45) is 4.24. The van der Waals surface area contributed by atoms with Gasteiger partial charge in [0.2, 0.25) is 0 Å². The molecule has 4 fully saturated rings. The van der Waals surface area contributed by atoms with Gasteiger partial charge >= 0.3 is 0 Å². The fourth-order valence-electron chi connectivity index (χ4n) is 5.49. The van der Waals surface area contributed by atoms with Crippen LogP contribution < -0.4 is 0 Å². The van der Waals surface area contributed by atoms with Crippen LogP contribution in [-0.4, -0.2) is 30.6 Å². The van der Waals surface area contributed by atoms with Gasteiger partial charge in [0.25, 0.3) is 0 Å². The predicted octanol–water partition coefficient (Wildman–Crippen LogP) is 3.30. The van der Waals surface area contributed by atoms with E-state index in [1.54, 1.807) is 0 Å². The predicted molar refractivity (Wildman–Crippen MR) is 77.4 cm³/mol. The minimum atomic E-state index is -0.461. The summed E-state index contributed by atoms with van der Waals surface area (Å²) in [5.74, 6) is 1.63. The number of hydrogen-bond donors (Lipinski definition) is 0. The highest BCUT2D eigenvalue weighted by Gasteiger charge is 2.71.